The van der Waals surface area contributed by atoms with Crippen LogP contribution in [0.4, 0.5) is 0 Å². The first kappa shape index (κ1) is 26.2. The number of para-hydroxylation sites is 4. The van der Waals surface area contributed by atoms with Crippen molar-refractivity contribution in [1.29, 1.82) is 0 Å². The lowest BCUT2D eigenvalue weighted by atomic mass is 9.92. The molecule has 1 aliphatic rings. The average molecular weight is 643 g/mol. The van der Waals surface area contributed by atoms with Crippen LogP contribution in [0, 0.1) is 0 Å². The molecule has 0 aliphatic heterocycles. The lowest BCUT2D eigenvalue weighted by Gasteiger charge is -2.23. The van der Waals surface area contributed by atoms with Crippen molar-refractivity contribution in [2.75, 3.05) is 0 Å². The second-order valence-electron chi connectivity index (χ2n) is 11.6. The summed E-state index contributed by atoms with van der Waals surface area (Å²) in [5.74, 6) is 0. The van der Waals surface area contributed by atoms with Gasteiger partial charge in [-0.25, -0.2) is 4.98 Å². The summed E-state index contributed by atoms with van der Waals surface area (Å²) in [6, 6.07) is 47.8. The van der Waals surface area contributed by atoms with Crippen LogP contribution in [-0.2, 0) is 0 Å². The number of benzene rings is 5. The van der Waals surface area contributed by atoms with Crippen LogP contribution in [0.1, 0.15) is 12.0 Å². The zero-order valence-corrected chi connectivity index (χ0v) is 26.0. The maximum absolute atomic E-state index is 4.84. The number of alkyl halides is 1. The zero-order chi connectivity index (χ0) is 29.9. The minimum absolute atomic E-state index is 0.185. The Hall–Kier alpha value is -5.19. The van der Waals surface area contributed by atoms with Gasteiger partial charge in [0.25, 0.3) is 0 Å². The molecule has 0 spiro atoms. The number of allylic oxidation sites excluding steroid dienone is 4. The minimum atomic E-state index is 0.185. The molecule has 0 saturated carbocycles. The maximum atomic E-state index is 4.84. The maximum Gasteiger partial charge on any atom is 0.145 e. The number of rotatable bonds is 4. The van der Waals surface area contributed by atoms with Crippen molar-refractivity contribution in [3.05, 3.63) is 157 Å². The molecule has 3 nitrogen and oxygen atoms in total. The normalized spacial score (nSPS) is 15.2. The van der Waals surface area contributed by atoms with Crippen LogP contribution in [0.15, 0.2) is 152 Å². The molecule has 0 N–H and O–H groups in total. The smallest absolute Gasteiger partial charge is 0.145 e. The van der Waals surface area contributed by atoms with Crippen molar-refractivity contribution < 1.29 is 0 Å². The van der Waals surface area contributed by atoms with Gasteiger partial charge in [-0.3, -0.25) is 4.57 Å². The molecule has 0 fully saturated rings. The molecule has 0 unspecified atom stereocenters. The number of halogens is 1. The van der Waals surface area contributed by atoms with Gasteiger partial charge < -0.3 is 4.57 Å². The van der Waals surface area contributed by atoms with Gasteiger partial charge in [-0.1, -0.05) is 113 Å². The molecule has 0 bridgehead atoms. The van der Waals surface area contributed by atoms with Gasteiger partial charge in [0.2, 0.25) is 0 Å². The molecule has 1 atom stereocenters. The van der Waals surface area contributed by atoms with Crippen LogP contribution in [0.5, 0.6) is 0 Å². The van der Waals surface area contributed by atoms with Gasteiger partial charge in [-0.05, 0) is 65.2 Å². The number of aromatic nitrogens is 3. The summed E-state index contributed by atoms with van der Waals surface area (Å²) in [4.78, 5) is 5.02. The van der Waals surface area contributed by atoms with E-state index < -0.39 is 0 Å². The number of pyridine rings is 1. The highest BCUT2D eigenvalue weighted by atomic mass is 79.9. The van der Waals surface area contributed by atoms with Crippen LogP contribution in [0.2, 0.25) is 0 Å². The van der Waals surface area contributed by atoms with E-state index in [1.54, 1.807) is 0 Å². The van der Waals surface area contributed by atoms with E-state index in [4.69, 9.17) is 4.98 Å². The monoisotopic (exact) mass is 641 g/mol. The van der Waals surface area contributed by atoms with E-state index in [1.807, 2.05) is 12.3 Å². The Morgan fingerprint density at radius 2 is 1.16 bits per heavy atom. The van der Waals surface area contributed by atoms with E-state index in [2.05, 4.69) is 165 Å². The van der Waals surface area contributed by atoms with Gasteiger partial charge in [0.1, 0.15) is 5.65 Å². The van der Waals surface area contributed by atoms with E-state index in [0.29, 0.717) is 0 Å². The Kier molecular flexibility index (Phi) is 6.10. The Balaban J connectivity index is 1.16. The fourth-order valence-electron chi connectivity index (χ4n) is 7.15. The molecule has 214 valence electrons. The van der Waals surface area contributed by atoms with Crippen molar-refractivity contribution in [3.63, 3.8) is 0 Å². The van der Waals surface area contributed by atoms with Gasteiger partial charge in [-0.15, -0.1) is 0 Å². The number of nitrogens with zero attached hydrogens (tertiary/aromatic N) is 3. The van der Waals surface area contributed by atoms with Gasteiger partial charge in [-0.2, -0.15) is 0 Å². The van der Waals surface area contributed by atoms with Gasteiger partial charge in [0, 0.05) is 50.3 Å². The average Bonchev–Trinajstić information content (AvgIpc) is 3.61. The van der Waals surface area contributed by atoms with Crippen molar-refractivity contribution in [2.45, 2.75) is 11.2 Å². The van der Waals surface area contributed by atoms with E-state index in [0.717, 1.165) is 28.7 Å². The first-order valence-electron chi connectivity index (χ1n) is 15.3. The first-order chi connectivity index (χ1) is 22.3. The number of fused-ring (bicyclic) bond motifs is 6. The molecule has 5 aromatic carbocycles. The van der Waals surface area contributed by atoms with Gasteiger partial charge >= 0.3 is 0 Å². The van der Waals surface area contributed by atoms with Crippen molar-refractivity contribution in [2.24, 2.45) is 0 Å². The lowest BCUT2D eigenvalue weighted by Crippen LogP contribution is -2.10. The van der Waals surface area contributed by atoms with Crippen molar-refractivity contribution in [1.82, 2.24) is 14.1 Å². The molecule has 0 amide bonds. The molecule has 9 rings (SSSR count). The second kappa shape index (κ2) is 10.5. The molecule has 3 aromatic heterocycles. The van der Waals surface area contributed by atoms with Crippen LogP contribution >= 0.6 is 15.9 Å². The zero-order valence-electron chi connectivity index (χ0n) is 24.4. The summed E-state index contributed by atoms with van der Waals surface area (Å²) in [6.45, 7) is 0. The Morgan fingerprint density at radius 1 is 0.556 bits per heavy atom. The molecule has 3 heterocycles. The van der Waals surface area contributed by atoms with E-state index in [9.17, 15) is 0 Å². The fraction of sp³-hybridized carbons (Fsp3) is 0.0488. The number of hydrogen-bond acceptors (Lipinski definition) is 1. The molecular weight excluding hydrogens is 614 g/mol. The first-order valence-corrected chi connectivity index (χ1v) is 16.3. The van der Waals surface area contributed by atoms with Crippen LogP contribution in [0.3, 0.4) is 0 Å². The van der Waals surface area contributed by atoms with Crippen molar-refractivity contribution >= 4 is 70.9 Å². The standard InChI is InChI=1S/C41H28BrN3/c42-36-26-29(44-38-19-6-2-14-32(38)33-15-3-7-20-39(33)44)22-23-30(36)27-11-9-12-28(25-27)31-13-1-5-18-37(31)45-40-21-8-4-16-34(40)35-17-10-24-43-41(35)45/h1-25,36H,26H2/t36-/m0/s1. The quantitative estimate of drug-likeness (QED) is 0.175. The third kappa shape index (κ3) is 4.13. The van der Waals surface area contributed by atoms with Gasteiger partial charge in [0.15, 0.2) is 0 Å². The highest BCUT2D eigenvalue weighted by Crippen LogP contribution is 2.41. The SMILES string of the molecule is Br[C@H]1CC(n2c3ccccc3c3ccccc32)=CC=C1c1cccc(-c2ccccc2-n2c3ccccc3c3cccnc32)c1. The third-order valence-electron chi connectivity index (χ3n) is 9.13. The Bertz CT molecular complexity index is 2390. The van der Waals surface area contributed by atoms with E-state index in [-0.39, 0.29) is 4.83 Å². The second-order valence-corrected chi connectivity index (χ2v) is 12.8. The molecule has 8 aromatic rings. The fourth-order valence-corrected chi connectivity index (χ4v) is 7.89. The van der Waals surface area contributed by atoms with Crippen LogP contribution in [-0.4, -0.2) is 18.9 Å². The highest BCUT2D eigenvalue weighted by Gasteiger charge is 2.23. The predicted molar refractivity (Wildman–Crippen MR) is 193 cm³/mol. The van der Waals surface area contributed by atoms with Crippen LogP contribution in [0.25, 0.3) is 71.8 Å². The van der Waals surface area contributed by atoms with Crippen molar-refractivity contribution in [3.8, 4) is 16.8 Å². The molecular formula is C41H28BrN3. The summed E-state index contributed by atoms with van der Waals surface area (Å²) in [6.07, 6.45) is 7.37. The molecule has 4 heteroatoms. The Labute approximate surface area is 269 Å². The van der Waals surface area contributed by atoms with E-state index in [1.165, 1.54) is 55.2 Å². The number of hydrogen-bond donors (Lipinski definition) is 0. The summed E-state index contributed by atoms with van der Waals surface area (Å²) in [7, 11) is 0. The molecule has 45 heavy (non-hydrogen) atoms. The molecule has 0 radical (unpaired) electrons. The van der Waals surface area contributed by atoms with Gasteiger partial charge in [0.05, 0.1) is 22.2 Å². The lowest BCUT2D eigenvalue weighted by molar-refractivity contribution is 1.02. The van der Waals surface area contributed by atoms with E-state index >= 15 is 0 Å². The summed E-state index contributed by atoms with van der Waals surface area (Å²) in [5.41, 5.74) is 11.9. The largest absolute Gasteiger partial charge is 0.313 e. The molecule has 0 saturated heterocycles. The predicted octanol–water partition coefficient (Wildman–Crippen LogP) is 11.0. The van der Waals surface area contributed by atoms with Crippen LogP contribution < -0.4 is 0 Å². The highest BCUT2D eigenvalue weighted by molar-refractivity contribution is 9.09. The Morgan fingerprint density at radius 3 is 1.89 bits per heavy atom. The summed E-state index contributed by atoms with van der Waals surface area (Å²) >= 11 is 4.09. The minimum Gasteiger partial charge on any atom is -0.313 e. The third-order valence-corrected chi connectivity index (χ3v) is 9.95. The summed E-state index contributed by atoms with van der Waals surface area (Å²) in [5, 5.41) is 4.96. The molecule has 1 aliphatic carbocycles. The topological polar surface area (TPSA) is 22.8 Å². The summed E-state index contributed by atoms with van der Waals surface area (Å²) < 4.78 is 4.74.